The Balaban J connectivity index is 1.82. The Hall–Kier alpha value is -1.46. The largest absolute Gasteiger partial charge is 0.488 e. The van der Waals surface area contributed by atoms with Crippen molar-refractivity contribution in [2.24, 2.45) is 0 Å². The predicted molar refractivity (Wildman–Crippen MR) is 99.7 cm³/mol. The fourth-order valence-corrected chi connectivity index (χ4v) is 4.15. The van der Waals surface area contributed by atoms with Gasteiger partial charge in [-0.05, 0) is 47.7 Å². The van der Waals surface area contributed by atoms with E-state index in [1.807, 2.05) is 24.3 Å². The number of benzene rings is 2. The van der Waals surface area contributed by atoms with Gasteiger partial charge in [0.2, 0.25) is 0 Å². The van der Waals surface area contributed by atoms with Crippen LogP contribution in [0, 0.1) is 0 Å². The maximum atomic E-state index is 12.4. The van der Waals surface area contributed by atoms with Gasteiger partial charge in [-0.15, -0.1) is 0 Å². The van der Waals surface area contributed by atoms with Crippen LogP contribution in [0.5, 0.6) is 5.75 Å². The van der Waals surface area contributed by atoms with E-state index in [-0.39, 0.29) is 16.4 Å². The third-order valence-electron chi connectivity index (χ3n) is 4.64. The normalized spacial score (nSPS) is 18.2. The average molecular weight is 450 g/mol. The lowest BCUT2D eigenvalue weighted by atomic mass is 9.85. The minimum atomic E-state index is -0.100. The first-order chi connectivity index (χ1) is 11.6. The van der Waals surface area contributed by atoms with Crippen LogP contribution in [0.4, 0.5) is 0 Å². The van der Waals surface area contributed by atoms with Gasteiger partial charge < -0.3 is 4.74 Å². The third kappa shape index (κ3) is 2.54. The maximum Gasteiger partial charge on any atom is 0.176 e. The zero-order valence-electron chi connectivity index (χ0n) is 12.8. The highest BCUT2D eigenvalue weighted by molar-refractivity contribution is 9.10. The summed E-state index contributed by atoms with van der Waals surface area (Å²) in [5.74, 6) is 0.936. The van der Waals surface area contributed by atoms with E-state index in [9.17, 15) is 9.59 Å². The molecule has 5 heteroatoms. The summed E-state index contributed by atoms with van der Waals surface area (Å²) in [5.41, 5.74) is 5.62. The summed E-state index contributed by atoms with van der Waals surface area (Å²) in [6, 6.07) is 9.70. The fourth-order valence-electron chi connectivity index (χ4n) is 3.35. The summed E-state index contributed by atoms with van der Waals surface area (Å²) in [6.45, 7) is 0.413. The first kappa shape index (κ1) is 16.0. The Morgan fingerprint density at radius 2 is 1.96 bits per heavy atom. The number of fused-ring (bicyclic) bond motifs is 4. The SMILES string of the molecule is O=C(CBr)c1ccc2c(c1)COc1cc3c(cc1-2)CCC(Br)C3=O. The number of alkyl halides is 2. The third-order valence-corrected chi connectivity index (χ3v) is 6.03. The predicted octanol–water partition coefficient (Wildman–Crippen LogP) is 4.72. The van der Waals surface area contributed by atoms with Crippen LogP contribution in [0.3, 0.4) is 0 Å². The Bertz CT molecular complexity index is 873. The van der Waals surface area contributed by atoms with E-state index >= 15 is 0 Å². The Morgan fingerprint density at radius 3 is 2.75 bits per heavy atom. The molecule has 0 bridgehead atoms. The molecule has 0 N–H and O–H groups in total. The molecule has 3 nitrogen and oxygen atoms in total. The van der Waals surface area contributed by atoms with E-state index in [1.54, 1.807) is 0 Å². The zero-order chi connectivity index (χ0) is 16.8. The van der Waals surface area contributed by atoms with Crippen LogP contribution in [0.25, 0.3) is 11.1 Å². The Morgan fingerprint density at radius 1 is 1.12 bits per heavy atom. The summed E-state index contributed by atoms with van der Waals surface area (Å²) in [5, 5.41) is 0.312. The van der Waals surface area contributed by atoms with E-state index in [0.717, 1.165) is 46.4 Å². The molecule has 2 aromatic carbocycles. The molecule has 0 saturated heterocycles. The van der Waals surface area contributed by atoms with Crippen LogP contribution in [0.2, 0.25) is 0 Å². The van der Waals surface area contributed by atoms with Crippen molar-refractivity contribution >= 4 is 43.4 Å². The van der Waals surface area contributed by atoms with E-state index in [4.69, 9.17) is 4.74 Å². The van der Waals surface area contributed by atoms with Gasteiger partial charge in [-0.3, -0.25) is 9.59 Å². The highest BCUT2D eigenvalue weighted by Gasteiger charge is 2.29. The number of aryl methyl sites for hydroxylation is 1. The summed E-state index contributed by atoms with van der Waals surface area (Å²) in [4.78, 5) is 24.1. The molecule has 0 radical (unpaired) electrons. The van der Waals surface area contributed by atoms with Crippen molar-refractivity contribution in [3.05, 3.63) is 52.6 Å². The second-order valence-electron chi connectivity index (χ2n) is 6.09. The van der Waals surface area contributed by atoms with Gasteiger partial charge in [0.25, 0.3) is 0 Å². The van der Waals surface area contributed by atoms with Gasteiger partial charge in [-0.2, -0.15) is 0 Å². The van der Waals surface area contributed by atoms with Gasteiger partial charge in [0, 0.05) is 16.7 Å². The van der Waals surface area contributed by atoms with E-state index in [0.29, 0.717) is 17.5 Å². The molecule has 2 aromatic rings. The summed E-state index contributed by atoms with van der Waals surface area (Å²) in [7, 11) is 0. The second-order valence-corrected chi connectivity index (χ2v) is 7.76. The lowest BCUT2D eigenvalue weighted by Crippen LogP contribution is -2.23. The molecule has 0 fully saturated rings. The molecule has 122 valence electrons. The molecule has 1 unspecified atom stereocenters. The van der Waals surface area contributed by atoms with Gasteiger partial charge in [-0.1, -0.05) is 44.0 Å². The number of carbonyl (C=O) groups excluding carboxylic acids is 2. The van der Waals surface area contributed by atoms with Gasteiger partial charge in [0.05, 0.1) is 10.2 Å². The minimum absolute atomic E-state index is 0.0583. The maximum absolute atomic E-state index is 12.4. The van der Waals surface area contributed by atoms with Crippen molar-refractivity contribution in [3.63, 3.8) is 0 Å². The topological polar surface area (TPSA) is 43.4 Å². The molecule has 1 aliphatic carbocycles. The van der Waals surface area contributed by atoms with Gasteiger partial charge in [0.15, 0.2) is 11.6 Å². The summed E-state index contributed by atoms with van der Waals surface area (Å²) >= 11 is 6.66. The molecule has 2 aliphatic rings. The number of ketones is 2. The Labute approximate surface area is 156 Å². The molecule has 0 saturated carbocycles. The van der Waals surface area contributed by atoms with Crippen molar-refractivity contribution in [2.75, 3.05) is 5.33 Å². The van der Waals surface area contributed by atoms with Gasteiger partial charge in [-0.25, -0.2) is 0 Å². The highest BCUT2D eigenvalue weighted by Crippen LogP contribution is 2.41. The Kier molecular flexibility index (Phi) is 4.09. The van der Waals surface area contributed by atoms with E-state index < -0.39 is 0 Å². The standard InChI is InChI=1S/C19H14Br2O3/c20-8-17(22)11-1-3-13-12(5-11)9-24-18-7-14-10(6-15(13)18)2-4-16(21)19(14)23/h1,3,5-7,16H,2,4,8-9H2. The first-order valence-corrected chi connectivity index (χ1v) is 9.82. The van der Waals surface area contributed by atoms with Crippen LogP contribution in [0.15, 0.2) is 30.3 Å². The van der Waals surface area contributed by atoms with Crippen LogP contribution >= 0.6 is 31.9 Å². The molecule has 0 aromatic heterocycles. The fraction of sp³-hybridized carbons (Fsp3) is 0.263. The average Bonchev–Trinajstić information content (AvgIpc) is 2.62. The summed E-state index contributed by atoms with van der Waals surface area (Å²) in [6.07, 6.45) is 1.69. The summed E-state index contributed by atoms with van der Waals surface area (Å²) < 4.78 is 5.88. The highest BCUT2D eigenvalue weighted by atomic mass is 79.9. The molecule has 1 heterocycles. The zero-order valence-corrected chi connectivity index (χ0v) is 15.9. The van der Waals surface area contributed by atoms with Crippen LogP contribution < -0.4 is 4.74 Å². The molecule has 4 rings (SSSR count). The van der Waals surface area contributed by atoms with Crippen LogP contribution in [-0.2, 0) is 13.0 Å². The number of hydrogen-bond acceptors (Lipinski definition) is 3. The van der Waals surface area contributed by atoms with Crippen molar-refractivity contribution in [2.45, 2.75) is 24.3 Å². The van der Waals surface area contributed by atoms with Gasteiger partial charge in [0.1, 0.15) is 12.4 Å². The molecule has 1 atom stereocenters. The molecule has 1 aliphatic heterocycles. The number of rotatable bonds is 2. The molecular formula is C19H14Br2O3. The van der Waals surface area contributed by atoms with Crippen LogP contribution in [-0.4, -0.2) is 21.7 Å². The van der Waals surface area contributed by atoms with Crippen molar-refractivity contribution < 1.29 is 14.3 Å². The molecule has 0 amide bonds. The molecular weight excluding hydrogens is 436 g/mol. The number of ether oxygens (including phenoxy) is 1. The van der Waals surface area contributed by atoms with E-state index in [1.165, 1.54) is 0 Å². The quantitative estimate of drug-likeness (QED) is 0.492. The van der Waals surface area contributed by atoms with Crippen molar-refractivity contribution in [1.82, 2.24) is 0 Å². The smallest absolute Gasteiger partial charge is 0.176 e. The number of halogens is 2. The van der Waals surface area contributed by atoms with Gasteiger partial charge >= 0.3 is 0 Å². The minimum Gasteiger partial charge on any atom is -0.488 e. The number of Topliss-reactive ketones (excluding diaryl/α,β-unsaturated/α-hetero) is 2. The lowest BCUT2D eigenvalue weighted by molar-refractivity contribution is 0.0979. The van der Waals surface area contributed by atoms with Crippen LogP contribution in [0.1, 0.15) is 38.3 Å². The van der Waals surface area contributed by atoms with E-state index in [2.05, 4.69) is 37.9 Å². The second kappa shape index (κ2) is 6.12. The molecule has 24 heavy (non-hydrogen) atoms. The van der Waals surface area contributed by atoms with Crippen molar-refractivity contribution in [3.8, 4) is 16.9 Å². The lowest BCUT2D eigenvalue weighted by Gasteiger charge is -2.26. The van der Waals surface area contributed by atoms with Crippen molar-refractivity contribution in [1.29, 1.82) is 0 Å². The first-order valence-electron chi connectivity index (χ1n) is 7.79. The molecule has 0 spiro atoms. The number of carbonyl (C=O) groups is 2. The number of hydrogen-bond donors (Lipinski definition) is 0. The monoisotopic (exact) mass is 448 g/mol.